The highest BCUT2D eigenvalue weighted by Crippen LogP contribution is 2.37. The zero-order chi connectivity index (χ0) is 39.4. The van der Waals surface area contributed by atoms with Crippen LogP contribution in [0.1, 0.15) is 35.5 Å². The Hall–Kier alpha value is -5.58. The summed E-state index contributed by atoms with van der Waals surface area (Å²) in [5.74, 6) is 5.74. The molecule has 5 aromatic carbocycles. The van der Waals surface area contributed by atoms with Crippen LogP contribution in [0.3, 0.4) is 0 Å². The molecule has 1 unspecified atom stereocenters. The number of alkyl carbamates (subject to hydrolysis) is 1. The van der Waals surface area contributed by atoms with E-state index in [9.17, 15) is 9.59 Å². The maximum Gasteiger partial charge on any atom is 0.408 e. The third kappa shape index (κ3) is 10.2. The number of nitrogens with one attached hydrogen (secondary N) is 1. The van der Waals surface area contributed by atoms with Gasteiger partial charge in [0.1, 0.15) is 37.6 Å². The summed E-state index contributed by atoms with van der Waals surface area (Å²) < 4.78 is 49.6. The Morgan fingerprint density at radius 2 is 1.44 bits per heavy atom. The van der Waals surface area contributed by atoms with Crippen molar-refractivity contribution in [1.82, 2.24) is 5.32 Å². The molecular weight excluding hydrogens is 727 g/mol. The number of methoxy groups -OCH3 is 1. The molecule has 2 saturated heterocycles. The summed E-state index contributed by atoms with van der Waals surface area (Å²) in [5, 5.41) is 4.74. The molecule has 2 fully saturated rings. The van der Waals surface area contributed by atoms with Crippen molar-refractivity contribution in [2.24, 2.45) is 0 Å². The standard InChI is InChI=1S/C46H45NO10/c1-31(39(43(48)50-2)47-46(49)54-29-33-18-8-4-9-19-33)55-45-42(52-28-32-16-6-3-7-17-32)41(40-38(56-45)30-53-44(57-40)36-21-10-5-11-22-36)51-27-15-25-35-24-14-23-34-20-12-13-26-37(34)35/h3-14,16-24,26,31,38-42,44-45H,27-30H2,1-2H3,(H,47,49)/t31-,38-,39+,40-,41+,42+,44?,45-/m1/s1. The molecule has 294 valence electrons. The van der Waals surface area contributed by atoms with Crippen LogP contribution in [-0.4, -0.2) is 75.2 Å². The second-order valence-electron chi connectivity index (χ2n) is 13.6. The van der Waals surface area contributed by atoms with Crippen molar-refractivity contribution in [2.45, 2.75) is 69.3 Å². The molecule has 0 spiro atoms. The van der Waals surface area contributed by atoms with Gasteiger partial charge in [-0.1, -0.05) is 139 Å². The summed E-state index contributed by atoms with van der Waals surface area (Å²) in [6.07, 6.45) is -6.61. The lowest BCUT2D eigenvalue weighted by Gasteiger charge is -2.49. The minimum atomic E-state index is -1.26. The predicted molar refractivity (Wildman–Crippen MR) is 210 cm³/mol. The molecule has 0 bridgehead atoms. The van der Waals surface area contributed by atoms with E-state index in [-0.39, 0.29) is 26.4 Å². The molecule has 0 radical (unpaired) electrons. The highest BCUT2D eigenvalue weighted by atomic mass is 16.8. The molecule has 0 aliphatic carbocycles. The predicted octanol–water partition coefficient (Wildman–Crippen LogP) is 6.87. The first-order chi connectivity index (χ1) is 28.0. The first-order valence-corrected chi connectivity index (χ1v) is 18.9. The highest BCUT2D eigenvalue weighted by molar-refractivity contribution is 5.88. The van der Waals surface area contributed by atoms with Gasteiger partial charge in [-0.05, 0) is 34.9 Å². The Kier molecular flexibility index (Phi) is 13.6. The summed E-state index contributed by atoms with van der Waals surface area (Å²) >= 11 is 0. The largest absolute Gasteiger partial charge is 0.467 e. The maximum atomic E-state index is 13.1. The number of ether oxygens (including phenoxy) is 8. The van der Waals surface area contributed by atoms with Crippen molar-refractivity contribution in [2.75, 3.05) is 20.3 Å². The van der Waals surface area contributed by atoms with Gasteiger partial charge < -0.3 is 43.2 Å². The normalized spacial score (nSPS) is 22.6. The number of hydrogen-bond donors (Lipinski definition) is 1. The third-order valence-electron chi connectivity index (χ3n) is 9.76. The average molecular weight is 772 g/mol. The van der Waals surface area contributed by atoms with E-state index in [2.05, 4.69) is 29.3 Å². The number of esters is 1. The molecule has 57 heavy (non-hydrogen) atoms. The zero-order valence-electron chi connectivity index (χ0n) is 31.7. The van der Waals surface area contributed by atoms with Crippen molar-refractivity contribution >= 4 is 22.8 Å². The van der Waals surface area contributed by atoms with E-state index < -0.39 is 61.2 Å². The van der Waals surface area contributed by atoms with E-state index >= 15 is 0 Å². The first kappa shape index (κ1) is 39.6. The molecule has 7 rings (SSSR count). The number of benzene rings is 5. The molecule has 8 atom stereocenters. The molecule has 1 amide bonds. The Balaban J connectivity index is 1.15. The van der Waals surface area contributed by atoms with Crippen molar-refractivity contribution in [1.29, 1.82) is 0 Å². The average Bonchev–Trinajstić information content (AvgIpc) is 3.26. The molecule has 0 saturated carbocycles. The summed E-state index contributed by atoms with van der Waals surface area (Å²) in [4.78, 5) is 26.1. The smallest absolute Gasteiger partial charge is 0.408 e. The van der Waals surface area contributed by atoms with Crippen LogP contribution in [0.15, 0.2) is 133 Å². The van der Waals surface area contributed by atoms with E-state index in [1.54, 1.807) is 6.92 Å². The number of fused-ring (bicyclic) bond motifs is 2. The Morgan fingerprint density at radius 1 is 0.772 bits per heavy atom. The molecule has 1 N–H and O–H groups in total. The van der Waals surface area contributed by atoms with Gasteiger partial charge in [-0.15, -0.1) is 0 Å². The molecular formula is C46H45NO10. The van der Waals surface area contributed by atoms with Crippen LogP contribution in [0, 0.1) is 11.8 Å². The molecule has 11 nitrogen and oxygen atoms in total. The second-order valence-corrected chi connectivity index (χ2v) is 13.6. The SMILES string of the molecule is COC(=O)[C@@H](NC(=O)OCc1ccccc1)[C@@H](C)O[C@@H]1O[C@@H]2COC(c3ccccc3)O[C@H]2[C@H](OCC#Cc2cccc3ccccc23)[C@@H]1OCc1ccccc1. The molecule has 2 aliphatic heterocycles. The van der Waals surface area contributed by atoms with E-state index in [0.29, 0.717) is 0 Å². The van der Waals surface area contributed by atoms with E-state index in [0.717, 1.165) is 33.0 Å². The Morgan fingerprint density at radius 3 is 2.18 bits per heavy atom. The zero-order valence-corrected chi connectivity index (χ0v) is 31.7. The number of carbonyl (C=O) groups excluding carboxylic acids is 2. The van der Waals surface area contributed by atoms with Gasteiger partial charge in [0.2, 0.25) is 0 Å². The molecule has 0 aromatic heterocycles. The van der Waals surface area contributed by atoms with E-state index in [4.69, 9.17) is 37.9 Å². The van der Waals surface area contributed by atoms with Crippen LogP contribution in [0.5, 0.6) is 0 Å². The number of hydrogen-bond acceptors (Lipinski definition) is 10. The lowest BCUT2D eigenvalue weighted by Crippen LogP contribution is -2.64. The fraction of sp³-hybridized carbons (Fsp3) is 0.304. The van der Waals surface area contributed by atoms with Crippen LogP contribution in [0.25, 0.3) is 10.8 Å². The van der Waals surface area contributed by atoms with Crippen LogP contribution in [0.4, 0.5) is 4.79 Å². The topological polar surface area (TPSA) is 120 Å². The minimum Gasteiger partial charge on any atom is -0.467 e. The summed E-state index contributed by atoms with van der Waals surface area (Å²) in [6.45, 7) is 2.01. The van der Waals surface area contributed by atoms with E-state index in [1.807, 2.05) is 121 Å². The van der Waals surface area contributed by atoms with Gasteiger partial charge in [-0.2, -0.15) is 0 Å². The van der Waals surface area contributed by atoms with Crippen LogP contribution in [-0.2, 0) is 55.9 Å². The number of rotatable bonds is 13. The molecule has 2 aliphatic rings. The van der Waals surface area contributed by atoms with Crippen molar-refractivity contribution < 1.29 is 47.5 Å². The van der Waals surface area contributed by atoms with Gasteiger partial charge in [0.15, 0.2) is 18.6 Å². The van der Waals surface area contributed by atoms with E-state index in [1.165, 1.54) is 7.11 Å². The van der Waals surface area contributed by atoms with Crippen molar-refractivity contribution in [3.8, 4) is 11.8 Å². The quantitative estimate of drug-likeness (QED) is 0.100. The Bertz CT molecular complexity index is 2120. The third-order valence-corrected chi connectivity index (χ3v) is 9.76. The van der Waals surface area contributed by atoms with Crippen LogP contribution in [0.2, 0.25) is 0 Å². The monoisotopic (exact) mass is 771 g/mol. The summed E-state index contributed by atoms with van der Waals surface area (Å²) in [6, 6.07) is 41.3. The van der Waals surface area contributed by atoms with Gasteiger partial charge in [0.25, 0.3) is 0 Å². The lowest BCUT2D eigenvalue weighted by atomic mass is 9.97. The summed E-state index contributed by atoms with van der Waals surface area (Å²) in [7, 11) is 1.23. The second kappa shape index (κ2) is 19.5. The lowest BCUT2D eigenvalue weighted by molar-refractivity contribution is -0.375. The molecule has 2 heterocycles. The van der Waals surface area contributed by atoms with Crippen molar-refractivity contribution in [3.05, 3.63) is 156 Å². The molecule has 5 aromatic rings. The van der Waals surface area contributed by atoms with Gasteiger partial charge in [-0.3, -0.25) is 0 Å². The van der Waals surface area contributed by atoms with Gasteiger partial charge in [0.05, 0.1) is 26.4 Å². The Labute approximate surface area is 332 Å². The fourth-order valence-corrected chi connectivity index (χ4v) is 6.85. The number of amides is 1. The summed E-state index contributed by atoms with van der Waals surface area (Å²) in [5.41, 5.74) is 3.41. The van der Waals surface area contributed by atoms with Crippen LogP contribution < -0.4 is 5.32 Å². The van der Waals surface area contributed by atoms with Gasteiger partial charge in [-0.25, -0.2) is 9.59 Å². The van der Waals surface area contributed by atoms with Crippen LogP contribution >= 0.6 is 0 Å². The highest BCUT2D eigenvalue weighted by Gasteiger charge is 2.52. The van der Waals surface area contributed by atoms with Gasteiger partial charge >= 0.3 is 12.1 Å². The first-order valence-electron chi connectivity index (χ1n) is 18.9. The molecule has 11 heteroatoms. The fourth-order valence-electron chi connectivity index (χ4n) is 6.85. The maximum absolute atomic E-state index is 13.1. The van der Waals surface area contributed by atoms with Crippen molar-refractivity contribution in [3.63, 3.8) is 0 Å². The minimum absolute atomic E-state index is 0.00634. The van der Waals surface area contributed by atoms with Gasteiger partial charge in [0, 0.05) is 11.1 Å². The number of carbonyl (C=O) groups is 2.